The second-order valence-electron chi connectivity index (χ2n) is 3.88. The molecule has 0 bridgehead atoms. The summed E-state index contributed by atoms with van der Waals surface area (Å²) >= 11 is 0. The Bertz CT molecular complexity index is 682. The summed E-state index contributed by atoms with van der Waals surface area (Å²) in [6.45, 7) is 2.06. The summed E-state index contributed by atoms with van der Waals surface area (Å²) in [5.41, 5.74) is 2.92. The number of rotatable bonds is 1. The van der Waals surface area contributed by atoms with Crippen LogP contribution in [0.2, 0.25) is 0 Å². The lowest BCUT2D eigenvalue weighted by molar-refractivity contribution is 0.631. The quantitative estimate of drug-likeness (QED) is 0.578. The average molecular weight is 209 g/mol. The summed E-state index contributed by atoms with van der Waals surface area (Å²) in [7, 11) is 0. The van der Waals surface area contributed by atoms with Gasteiger partial charge in [-0.1, -0.05) is 42.5 Å². The Kier molecular flexibility index (Phi) is 1.80. The fourth-order valence-electron chi connectivity index (χ4n) is 1.90. The molecule has 0 N–H and O–H groups in total. The first-order valence-corrected chi connectivity index (χ1v) is 5.31. The van der Waals surface area contributed by atoms with Crippen LogP contribution in [0.4, 0.5) is 0 Å². The van der Waals surface area contributed by atoms with Gasteiger partial charge in [-0.25, -0.2) is 0 Å². The molecular weight excluding hydrogens is 196 g/mol. The maximum absolute atomic E-state index is 7.80. The van der Waals surface area contributed by atoms with Crippen molar-refractivity contribution in [3.8, 4) is 11.3 Å². The lowest BCUT2D eigenvalue weighted by Gasteiger charge is -2.00. The molecule has 0 atom stereocenters. The SMILES string of the molecule is [2H]c1cccc2cc(-c3ccccc3C)oc12. The Morgan fingerprint density at radius 3 is 2.69 bits per heavy atom. The molecule has 0 amide bonds. The van der Waals surface area contributed by atoms with Crippen LogP contribution >= 0.6 is 0 Å². The van der Waals surface area contributed by atoms with Gasteiger partial charge in [-0.2, -0.15) is 0 Å². The van der Waals surface area contributed by atoms with Crippen molar-refractivity contribution in [2.75, 3.05) is 0 Å². The van der Waals surface area contributed by atoms with Gasteiger partial charge in [0, 0.05) is 10.9 Å². The van der Waals surface area contributed by atoms with Crippen LogP contribution < -0.4 is 0 Å². The van der Waals surface area contributed by atoms with Gasteiger partial charge in [-0.3, -0.25) is 0 Å². The fraction of sp³-hybridized carbons (Fsp3) is 0.0667. The van der Waals surface area contributed by atoms with E-state index < -0.39 is 0 Å². The molecule has 0 aliphatic heterocycles. The summed E-state index contributed by atoms with van der Waals surface area (Å²) < 4.78 is 13.6. The summed E-state index contributed by atoms with van der Waals surface area (Å²) in [6, 6.07) is 16.1. The Labute approximate surface area is 95.7 Å². The molecule has 3 rings (SSSR count). The average Bonchev–Trinajstić information content (AvgIpc) is 2.75. The largest absolute Gasteiger partial charge is 0.456 e. The van der Waals surface area contributed by atoms with Crippen LogP contribution in [-0.4, -0.2) is 0 Å². The van der Waals surface area contributed by atoms with E-state index in [1.54, 1.807) is 6.07 Å². The molecule has 16 heavy (non-hydrogen) atoms. The molecule has 3 aromatic rings. The Hall–Kier alpha value is -2.02. The minimum absolute atomic E-state index is 0.433. The molecule has 0 unspecified atom stereocenters. The molecule has 0 saturated carbocycles. The van der Waals surface area contributed by atoms with Crippen molar-refractivity contribution < 1.29 is 5.79 Å². The van der Waals surface area contributed by atoms with Gasteiger partial charge in [-0.05, 0) is 24.6 Å². The van der Waals surface area contributed by atoms with Gasteiger partial charge in [-0.15, -0.1) is 0 Å². The van der Waals surface area contributed by atoms with Crippen molar-refractivity contribution >= 4 is 11.0 Å². The molecule has 0 saturated heterocycles. The van der Waals surface area contributed by atoms with Crippen LogP contribution in [0.15, 0.2) is 59.0 Å². The third-order valence-electron chi connectivity index (χ3n) is 2.76. The highest BCUT2D eigenvalue weighted by Gasteiger charge is 2.06. The van der Waals surface area contributed by atoms with Crippen molar-refractivity contribution in [1.29, 1.82) is 0 Å². The lowest BCUT2D eigenvalue weighted by atomic mass is 10.1. The highest BCUT2D eigenvalue weighted by Crippen LogP contribution is 2.29. The van der Waals surface area contributed by atoms with Gasteiger partial charge in [0.2, 0.25) is 0 Å². The summed E-state index contributed by atoms with van der Waals surface area (Å²) in [5, 5.41) is 0.982. The molecule has 0 aliphatic carbocycles. The lowest BCUT2D eigenvalue weighted by Crippen LogP contribution is -1.78. The van der Waals surface area contributed by atoms with E-state index in [4.69, 9.17) is 5.79 Å². The predicted octanol–water partition coefficient (Wildman–Crippen LogP) is 4.41. The third kappa shape index (κ3) is 1.41. The predicted molar refractivity (Wildman–Crippen MR) is 66.4 cm³/mol. The molecule has 1 nitrogen and oxygen atoms in total. The summed E-state index contributed by atoms with van der Waals surface area (Å²) in [5.74, 6) is 0.831. The number of aryl methyl sites for hydroxylation is 1. The van der Waals surface area contributed by atoms with Gasteiger partial charge in [0.25, 0.3) is 0 Å². The molecule has 0 aliphatic rings. The highest BCUT2D eigenvalue weighted by molar-refractivity contribution is 5.83. The monoisotopic (exact) mass is 209 g/mol. The van der Waals surface area contributed by atoms with Crippen molar-refractivity contribution in [2.45, 2.75) is 6.92 Å². The number of hydrogen-bond donors (Lipinski definition) is 0. The fourth-order valence-corrected chi connectivity index (χ4v) is 1.90. The Morgan fingerprint density at radius 1 is 1.06 bits per heavy atom. The first kappa shape index (κ1) is 8.17. The van der Waals surface area contributed by atoms with Crippen molar-refractivity contribution in [2.24, 2.45) is 0 Å². The van der Waals surface area contributed by atoms with Crippen LogP contribution in [-0.2, 0) is 0 Å². The van der Waals surface area contributed by atoms with E-state index in [0.29, 0.717) is 11.6 Å². The van der Waals surface area contributed by atoms with Crippen LogP contribution in [0.3, 0.4) is 0 Å². The first-order chi connectivity index (χ1) is 8.25. The van der Waals surface area contributed by atoms with Crippen molar-refractivity contribution in [1.82, 2.24) is 0 Å². The summed E-state index contributed by atoms with van der Waals surface area (Å²) in [4.78, 5) is 0. The van der Waals surface area contributed by atoms with Crippen molar-refractivity contribution in [3.05, 3.63) is 60.1 Å². The van der Waals surface area contributed by atoms with Gasteiger partial charge < -0.3 is 4.42 Å². The zero-order valence-electron chi connectivity index (χ0n) is 10.0. The topological polar surface area (TPSA) is 13.1 Å². The highest BCUT2D eigenvalue weighted by atomic mass is 16.3. The maximum Gasteiger partial charge on any atom is 0.135 e. The molecule has 0 spiro atoms. The minimum Gasteiger partial charge on any atom is -0.456 e. The third-order valence-corrected chi connectivity index (χ3v) is 2.76. The number of para-hydroxylation sites is 1. The molecule has 1 aromatic heterocycles. The number of benzene rings is 2. The van der Waals surface area contributed by atoms with E-state index >= 15 is 0 Å². The van der Waals surface area contributed by atoms with E-state index in [1.807, 2.05) is 36.4 Å². The molecule has 2 aromatic carbocycles. The summed E-state index contributed by atoms with van der Waals surface area (Å²) in [6.07, 6.45) is 0. The molecule has 0 fully saturated rings. The number of fused-ring (bicyclic) bond motifs is 1. The number of furan rings is 1. The Balaban J connectivity index is 2.26. The van der Waals surface area contributed by atoms with Crippen LogP contribution in [0.25, 0.3) is 22.3 Å². The second kappa shape index (κ2) is 3.53. The molecular formula is C15H12O. The first-order valence-electron chi connectivity index (χ1n) is 5.81. The standard InChI is InChI=1S/C15H12O/c1-11-6-2-4-8-13(11)15-10-12-7-3-5-9-14(12)16-15/h2-10H,1H3/i9D. The zero-order valence-corrected chi connectivity index (χ0v) is 9.03. The van der Waals surface area contributed by atoms with Gasteiger partial charge in [0.05, 0.1) is 1.37 Å². The van der Waals surface area contributed by atoms with Crippen LogP contribution in [0, 0.1) is 6.92 Å². The van der Waals surface area contributed by atoms with E-state index in [-0.39, 0.29) is 0 Å². The van der Waals surface area contributed by atoms with E-state index in [2.05, 4.69) is 13.0 Å². The maximum atomic E-state index is 7.80. The molecule has 1 heterocycles. The van der Waals surface area contributed by atoms with Gasteiger partial charge in [0.15, 0.2) is 0 Å². The van der Waals surface area contributed by atoms with Crippen molar-refractivity contribution in [3.63, 3.8) is 0 Å². The minimum atomic E-state index is 0.433. The molecule has 0 radical (unpaired) electrons. The van der Waals surface area contributed by atoms with E-state index in [1.165, 1.54) is 5.56 Å². The van der Waals surface area contributed by atoms with Crippen LogP contribution in [0.5, 0.6) is 0 Å². The molecule has 78 valence electrons. The van der Waals surface area contributed by atoms with Gasteiger partial charge in [0.1, 0.15) is 11.3 Å². The van der Waals surface area contributed by atoms with E-state index in [9.17, 15) is 0 Å². The smallest absolute Gasteiger partial charge is 0.135 e. The van der Waals surface area contributed by atoms with Crippen LogP contribution in [0.1, 0.15) is 6.93 Å². The normalized spacial score (nSPS) is 11.7. The zero-order chi connectivity index (χ0) is 11.8. The van der Waals surface area contributed by atoms with Gasteiger partial charge >= 0.3 is 0 Å². The molecule has 1 heteroatoms. The van der Waals surface area contributed by atoms with E-state index in [0.717, 1.165) is 16.7 Å². The Morgan fingerprint density at radius 2 is 1.88 bits per heavy atom. The number of hydrogen-bond acceptors (Lipinski definition) is 1. The second-order valence-corrected chi connectivity index (χ2v) is 3.88.